The van der Waals surface area contributed by atoms with Crippen LogP contribution >= 0.6 is 11.6 Å². The summed E-state index contributed by atoms with van der Waals surface area (Å²) in [5.41, 5.74) is 2.41. The van der Waals surface area contributed by atoms with Gasteiger partial charge in [-0.1, -0.05) is 36.7 Å². The number of benzene rings is 1. The van der Waals surface area contributed by atoms with Crippen molar-refractivity contribution in [1.29, 1.82) is 0 Å². The number of nitrogens with one attached hydrogen (secondary N) is 1. The number of carbonyl (C=O) groups excluding carboxylic acids is 1. The molecule has 0 spiro atoms. The van der Waals surface area contributed by atoms with E-state index in [9.17, 15) is 17.6 Å². The zero-order valence-electron chi connectivity index (χ0n) is 21.9. The third-order valence-electron chi connectivity index (χ3n) is 6.54. The lowest BCUT2D eigenvalue weighted by molar-refractivity contribution is -0.129. The highest BCUT2D eigenvalue weighted by molar-refractivity contribution is 7.93. The number of alkyl halides is 2. The van der Waals surface area contributed by atoms with Gasteiger partial charge in [0.1, 0.15) is 17.5 Å². The molecule has 39 heavy (non-hydrogen) atoms. The average molecular weight is 575 g/mol. The second-order valence-corrected chi connectivity index (χ2v) is 11.5. The first-order valence-corrected chi connectivity index (χ1v) is 14.8. The highest BCUT2D eigenvalue weighted by Crippen LogP contribution is 2.22. The van der Waals surface area contributed by atoms with E-state index in [-0.39, 0.29) is 23.8 Å². The molecule has 1 fully saturated rings. The molecule has 9 nitrogen and oxygen atoms in total. The molecule has 0 bridgehead atoms. The number of amides is 1. The lowest BCUT2D eigenvalue weighted by Crippen LogP contribution is -2.48. The van der Waals surface area contributed by atoms with E-state index in [4.69, 9.17) is 16.6 Å². The van der Waals surface area contributed by atoms with Crippen LogP contribution in [0.3, 0.4) is 0 Å². The number of halogens is 2. The Hall–Kier alpha value is -3.15. The summed E-state index contributed by atoms with van der Waals surface area (Å²) < 4.78 is 41.2. The van der Waals surface area contributed by atoms with Gasteiger partial charge in [-0.2, -0.15) is 0 Å². The molecule has 1 amide bonds. The first-order chi connectivity index (χ1) is 18.7. The summed E-state index contributed by atoms with van der Waals surface area (Å²) in [6, 6.07) is 5.61. The first kappa shape index (κ1) is 28.8. The Bertz CT molecular complexity index is 1430. The smallest absolute Gasteiger partial charge is 0.240 e. The third-order valence-corrected chi connectivity index (χ3v) is 8.43. The number of aliphatic imine (C=N–C) groups is 1. The molecule has 2 atom stereocenters. The predicted octanol–water partition coefficient (Wildman–Crippen LogP) is 3.83. The summed E-state index contributed by atoms with van der Waals surface area (Å²) in [5, 5.41) is 0. The van der Waals surface area contributed by atoms with Crippen molar-refractivity contribution < 1.29 is 17.6 Å². The van der Waals surface area contributed by atoms with E-state index in [1.165, 1.54) is 18.2 Å². The third kappa shape index (κ3) is 7.49. The number of rotatable bonds is 9. The fourth-order valence-electron chi connectivity index (χ4n) is 4.21. The fourth-order valence-corrected chi connectivity index (χ4v) is 5.31. The molecule has 0 saturated carbocycles. The predicted molar refractivity (Wildman–Crippen MR) is 154 cm³/mol. The Kier molecular flexibility index (Phi) is 9.47. The van der Waals surface area contributed by atoms with Gasteiger partial charge in [0, 0.05) is 52.3 Å². The number of hydrogen-bond donors (Lipinski definition) is 1. The van der Waals surface area contributed by atoms with Crippen molar-refractivity contribution >= 4 is 56.2 Å². The van der Waals surface area contributed by atoms with Gasteiger partial charge >= 0.3 is 0 Å². The molecular weight excluding hydrogens is 543 g/mol. The van der Waals surface area contributed by atoms with Gasteiger partial charge in [-0.3, -0.25) is 14.8 Å². The second kappa shape index (κ2) is 12.8. The number of aromatic nitrogens is 2. The van der Waals surface area contributed by atoms with Crippen molar-refractivity contribution in [2.75, 3.05) is 37.6 Å². The summed E-state index contributed by atoms with van der Waals surface area (Å²) in [7, 11) is -3.79. The molecule has 2 unspecified atom stereocenters. The van der Waals surface area contributed by atoms with Crippen molar-refractivity contribution in [2.24, 2.45) is 4.99 Å². The average Bonchev–Trinajstić information content (AvgIpc) is 2.94. The standard InChI is InChI=1S/C27H32ClFN6O3S/c1-3-26(28)31-17-21(10-11-32-39(37,38)23-7-5-22(29)6-8-23)20-4-9-24-25(16-20)33-27(18-30-24)35-14-12-34(13-15-35)19(2)36/h4-5,7-10,16-18,22,26,32H,3,6,11-15H2,1-2H3/b21-10+,31-17-. The number of piperazine rings is 1. The number of anilines is 1. The Morgan fingerprint density at radius 1 is 1.28 bits per heavy atom. The van der Waals surface area contributed by atoms with Crippen molar-refractivity contribution in [3.63, 3.8) is 0 Å². The number of fused-ring (bicyclic) bond motifs is 1. The maximum atomic E-state index is 13.3. The highest BCUT2D eigenvalue weighted by Gasteiger charge is 2.21. The van der Waals surface area contributed by atoms with Crippen LogP contribution in [-0.2, 0) is 14.8 Å². The molecule has 1 aliphatic heterocycles. The number of allylic oxidation sites excluding steroid dienone is 4. The van der Waals surface area contributed by atoms with E-state index in [1.54, 1.807) is 25.4 Å². The summed E-state index contributed by atoms with van der Waals surface area (Å²) >= 11 is 6.21. The molecule has 1 aliphatic carbocycles. The van der Waals surface area contributed by atoms with Crippen LogP contribution in [0.5, 0.6) is 0 Å². The highest BCUT2D eigenvalue weighted by atomic mass is 35.5. The maximum Gasteiger partial charge on any atom is 0.240 e. The normalized spacial score (nSPS) is 19.5. The zero-order valence-corrected chi connectivity index (χ0v) is 23.5. The molecule has 2 aliphatic rings. The van der Waals surface area contributed by atoms with Gasteiger partial charge in [-0.25, -0.2) is 22.5 Å². The summed E-state index contributed by atoms with van der Waals surface area (Å²) in [6.45, 7) is 6.09. The van der Waals surface area contributed by atoms with Gasteiger partial charge in [-0.05, 0) is 41.8 Å². The van der Waals surface area contributed by atoms with Crippen LogP contribution in [0, 0.1) is 0 Å². The van der Waals surface area contributed by atoms with Crippen LogP contribution in [0.1, 0.15) is 32.3 Å². The van der Waals surface area contributed by atoms with Gasteiger partial charge in [0.05, 0.1) is 22.1 Å². The SMILES string of the molecule is CCC(Cl)/N=C\C(=C/CNS(=O)(=O)C1=CCC(F)C=C1)c1ccc2ncc(N3CCN(C(C)=O)CC3)nc2c1. The molecule has 4 rings (SSSR count). The van der Waals surface area contributed by atoms with Crippen LogP contribution in [-0.4, -0.2) is 79.8 Å². The molecule has 208 valence electrons. The van der Waals surface area contributed by atoms with E-state index in [0.717, 1.165) is 11.4 Å². The topological polar surface area (TPSA) is 108 Å². The number of carbonyl (C=O) groups is 1. The van der Waals surface area contributed by atoms with E-state index >= 15 is 0 Å². The van der Waals surface area contributed by atoms with Gasteiger partial charge in [0.15, 0.2) is 0 Å². The molecule has 1 aromatic heterocycles. The van der Waals surface area contributed by atoms with Gasteiger partial charge in [0.25, 0.3) is 0 Å². The number of nitrogens with zero attached hydrogens (tertiary/aromatic N) is 5. The lowest BCUT2D eigenvalue weighted by atomic mass is 10.1. The molecule has 12 heteroatoms. The van der Waals surface area contributed by atoms with Crippen molar-refractivity contribution in [2.45, 2.75) is 38.4 Å². The minimum atomic E-state index is -3.79. The number of hydrogen-bond acceptors (Lipinski definition) is 7. The largest absolute Gasteiger partial charge is 0.352 e. The van der Waals surface area contributed by atoms with E-state index < -0.39 is 21.7 Å². The van der Waals surface area contributed by atoms with Crippen LogP contribution in [0.4, 0.5) is 10.2 Å². The van der Waals surface area contributed by atoms with Crippen molar-refractivity contribution in [3.8, 4) is 0 Å². The van der Waals surface area contributed by atoms with E-state index in [0.29, 0.717) is 49.2 Å². The zero-order chi connectivity index (χ0) is 28.0. The molecular formula is C27H32ClFN6O3S. The van der Waals surface area contributed by atoms with Crippen LogP contribution < -0.4 is 9.62 Å². The molecule has 2 aromatic rings. The Labute approximate surface area is 233 Å². The van der Waals surface area contributed by atoms with Gasteiger partial charge in [-0.15, -0.1) is 0 Å². The van der Waals surface area contributed by atoms with E-state index in [2.05, 4.69) is 19.6 Å². The summed E-state index contributed by atoms with van der Waals surface area (Å²) in [5.74, 6) is 0.792. The Morgan fingerprint density at radius 3 is 2.72 bits per heavy atom. The van der Waals surface area contributed by atoms with E-state index in [1.807, 2.05) is 30.0 Å². The van der Waals surface area contributed by atoms with Crippen molar-refractivity contribution in [1.82, 2.24) is 19.6 Å². The van der Waals surface area contributed by atoms with Gasteiger partial charge < -0.3 is 9.80 Å². The quantitative estimate of drug-likeness (QED) is 0.277. The monoisotopic (exact) mass is 574 g/mol. The van der Waals surface area contributed by atoms with Crippen LogP contribution in [0.25, 0.3) is 16.6 Å². The molecule has 0 radical (unpaired) electrons. The Balaban J connectivity index is 1.57. The Morgan fingerprint density at radius 2 is 2.05 bits per heavy atom. The minimum Gasteiger partial charge on any atom is -0.352 e. The molecule has 1 N–H and O–H groups in total. The molecule has 1 aromatic carbocycles. The van der Waals surface area contributed by atoms with Crippen molar-refractivity contribution in [3.05, 3.63) is 59.2 Å². The number of sulfonamides is 1. The van der Waals surface area contributed by atoms with Crippen LogP contribution in [0.2, 0.25) is 0 Å². The lowest BCUT2D eigenvalue weighted by Gasteiger charge is -2.34. The molecule has 1 saturated heterocycles. The van der Waals surface area contributed by atoms with Gasteiger partial charge in [0.2, 0.25) is 15.9 Å². The fraction of sp³-hybridized carbons (Fsp3) is 0.407. The molecule has 2 heterocycles. The van der Waals surface area contributed by atoms with Crippen LogP contribution in [0.15, 0.2) is 58.6 Å². The summed E-state index contributed by atoms with van der Waals surface area (Å²) in [6.07, 6.45) is 8.46. The second-order valence-electron chi connectivity index (χ2n) is 9.27. The summed E-state index contributed by atoms with van der Waals surface area (Å²) in [4.78, 5) is 29.4. The minimum absolute atomic E-state index is 0.00280. The first-order valence-electron chi connectivity index (χ1n) is 12.8. The maximum absolute atomic E-state index is 13.3.